The molecule has 1 unspecified atom stereocenters. The van der Waals surface area contributed by atoms with Crippen LogP contribution < -0.4 is 5.32 Å². The SMILES string of the molecule is CCCC(C)NC(=O)Cn1ccnc1C. The van der Waals surface area contributed by atoms with E-state index in [0.29, 0.717) is 6.54 Å². The molecule has 84 valence electrons. The minimum atomic E-state index is 0.0528. The molecule has 4 nitrogen and oxygen atoms in total. The molecule has 1 atom stereocenters. The number of carbonyl (C=O) groups is 1. The van der Waals surface area contributed by atoms with Gasteiger partial charge in [0.15, 0.2) is 0 Å². The molecule has 1 heterocycles. The van der Waals surface area contributed by atoms with E-state index in [1.54, 1.807) is 6.20 Å². The lowest BCUT2D eigenvalue weighted by Crippen LogP contribution is -2.35. The van der Waals surface area contributed by atoms with Crippen molar-refractivity contribution in [1.29, 1.82) is 0 Å². The molecule has 0 aliphatic carbocycles. The summed E-state index contributed by atoms with van der Waals surface area (Å²) in [7, 11) is 0. The monoisotopic (exact) mass is 209 g/mol. The van der Waals surface area contributed by atoms with Crippen molar-refractivity contribution in [3.63, 3.8) is 0 Å². The van der Waals surface area contributed by atoms with Gasteiger partial charge in [0.05, 0.1) is 0 Å². The third-order valence-corrected chi connectivity index (χ3v) is 2.37. The average molecular weight is 209 g/mol. The first-order valence-corrected chi connectivity index (χ1v) is 5.40. The molecule has 0 spiro atoms. The molecule has 15 heavy (non-hydrogen) atoms. The Bertz CT molecular complexity index is 319. The number of hydrogen-bond acceptors (Lipinski definition) is 2. The van der Waals surface area contributed by atoms with Gasteiger partial charge in [-0.1, -0.05) is 13.3 Å². The van der Waals surface area contributed by atoms with E-state index >= 15 is 0 Å². The van der Waals surface area contributed by atoms with Gasteiger partial charge in [0.2, 0.25) is 5.91 Å². The van der Waals surface area contributed by atoms with Crippen molar-refractivity contribution >= 4 is 5.91 Å². The van der Waals surface area contributed by atoms with Crippen molar-refractivity contribution in [2.45, 2.75) is 46.2 Å². The maximum absolute atomic E-state index is 11.6. The van der Waals surface area contributed by atoms with Crippen molar-refractivity contribution in [3.05, 3.63) is 18.2 Å². The third kappa shape index (κ3) is 3.73. The molecule has 0 aliphatic rings. The summed E-state index contributed by atoms with van der Waals surface area (Å²) in [4.78, 5) is 15.7. The van der Waals surface area contributed by atoms with Crippen molar-refractivity contribution in [3.8, 4) is 0 Å². The Balaban J connectivity index is 2.40. The number of aryl methyl sites for hydroxylation is 1. The molecule has 0 radical (unpaired) electrons. The molecule has 4 heteroatoms. The van der Waals surface area contributed by atoms with Crippen molar-refractivity contribution in [2.75, 3.05) is 0 Å². The summed E-state index contributed by atoms with van der Waals surface area (Å²) in [5.41, 5.74) is 0. The normalized spacial score (nSPS) is 12.5. The Morgan fingerprint density at radius 1 is 1.67 bits per heavy atom. The van der Waals surface area contributed by atoms with Crippen LogP contribution in [-0.4, -0.2) is 21.5 Å². The van der Waals surface area contributed by atoms with Crippen LogP contribution in [0.2, 0.25) is 0 Å². The van der Waals surface area contributed by atoms with Crippen LogP contribution in [-0.2, 0) is 11.3 Å². The fourth-order valence-corrected chi connectivity index (χ4v) is 1.55. The van der Waals surface area contributed by atoms with Crippen LogP contribution in [0.15, 0.2) is 12.4 Å². The molecule has 1 N–H and O–H groups in total. The number of imidazole rings is 1. The van der Waals surface area contributed by atoms with Gasteiger partial charge in [0.1, 0.15) is 12.4 Å². The summed E-state index contributed by atoms with van der Waals surface area (Å²) < 4.78 is 1.84. The van der Waals surface area contributed by atoms with Gasteiger partial charge in [0.25, 0.3) is 0 Å². The lowest BCUT2D eigenvalue weighted by molar-refractivity contribution is -0.122. The van der Waals surface area contributed by atoms with E-state index in [2.05, 4.69) is 17.2 Å². The van der Waals surface area contributed by atoms with Crippen molar-refractivity contribution < 1.29 is 4.79 Å². The molecule has 1 aromatic rings. The van der Waals surface area contributed by atoms with E-state index < -0.39 is 0 Å². The van der Waals surface area contributed by atoms with Gasteiger partial charge < -0.3 is 9.88 Å². The summed E-state index contributed by atoms with van der Waals surface area (Å²) in [6.07, 6.45) is 5.64. The van der Waals surface area contributed by atoms with Gasteiger partial charge in [-0.05, 0) is 20.3 Å². The predicted octanol–water partition coefficient (Wildman–Crippen LogP) is 1.50. The number of aromatic nitrogens is 2. The van der Waals surface area contributed by atoms with Crippen LogP contribution in [0, 0.1) is 6.92 Å². The standard InChI is InChI=1S/C11H19N3O/c1-4-5-9(2)13-11(15)8-14-7-6-12-10(14)3/h6-7,9H,4-5,8H2,1-3H3,(H,13,15). The summed E-state index contributed by atoms with van der Waals surface area (Å²) in [6, 6.07) is 0.256. The summed E-state index contributed by atoms with van der Waals surface area (Å²) in [5, 5.41) is 2.96. The van der Waals surface area contributed by atoms with Crippen LogP contribution in [0.1, 0.15) is 32.5 Å². The van der Waals surface area contributed by atoms with Gasteiger partial charge in [0, 0.05) is 18.4 Å². The van der Waals surface area contributed by atoms with Crippen LogP contribution in [0.3, 0.4) is 0 Å². The summed E-state index contributed by atoms with van der Waals surface area (Å²) in [5.74, 6) is 0.922. The van der Waals surface area contributed by atoms with E-state index in [4.69, 9.17) is 0 Å². The number of nitrogens with one attached hydrogen (secondary N) is 1. The molecule has 0 aliphatic heterocycles. The third-order valence-electron chi connectivity index (χ3n) is 2.37. The van der Waals surface area contributed by atoms with Gasteiger partial charge >= 0.3 is 0 Å². The molecular formula is C11H19N3O. The van der Waals surface area contributed by atoms with E-state index in [-0.39, 0.29) is 11.9 Å². The van der Waals surface area contributed by atoms with Crippen molar-refractivity contribution in [2.24, 2.45) is 0 Å². The largest absolute Gasteiger partial charge is 0.352 e. The summed E-state index contributed by atoms with van der Waals surface area (Å²) in [6.45, 7) is 6.40. The zero-order valence-electron chi connectivity index (χ0n) is 9.66. The first-order chi connectivity index (χ1) is 7.13. The number of nitrogens with zero attached hydrogens (tertiary/aromatic N) is 2. The van der Waals surface area contributed by atoms with Gasteiger partial charge in [-0.25, -0.2) is 4.98 Å². The lowest BCUT2D eigenvalue weighted by atomic mass is 10.2. The highest BCUT2D eigenvalue weighted by molar-refractivity contribution is 5.76. The van der Waals surface area contributed by atoms with Gasteiger partial charge in [-0.2, -0.15) is 0 Å². The molecule has 1 amide bonds. The molecule has 1 rings (SSSR count). The minimum absolute atomic E-state index is 0.0528. The fraction of sp³-hybridized carbons (Fsp3) is 0.636. The number of rotatable bonds is 5. The minimum Gasteiger partial charge on any atom is -0.352 e. The Hall–Kier alpha value is -1.32. The van der Waals surface area contributed by atoms with Crippen LogP contribution in [0.5, 0.6) is 0 Å². The van der Waals surface area contributed by atoms with Crippen LogP contribution >= 0.6 is 0 Å². The first kappa shape index (κ1) is 11.8. The Kier molecular flexibility index (Phi) is 4.34. The molecular weight excluding hydrogens is 190 g/mol. The smallest absolute Gasteiger partial charge is 0.240 e. The average Bonchev–Trinajstić information content (AvgIpc) is 2.52. The lowest BCUT2D eigenvalue weighted by Gasteiger charge is -2.13. The zero-order valence-corrected chi connectivity index (χ0v) is 9.66. The van der Waals surface area contributed by atoms with E-state index in [1.807, 2.05) is 24.6 Å². The first-order valence-electron chi connectivity index (χ1n) is 5.40. The number of hydrogen-bond donors (Lipinski definition) is 1. The molecule has 0 bridgehead atoms. The van der Waals surface area contributed by atoms with E-state index in [9.17, 15) is 4.79 Å². The Morgan fingerprint density at radius 3 is 2.93 bits per heavy atom. The fourth-order valence-electron chi connectivity index (χ4n) is 1.55. The van der Waals surface area contributed by atoms with Gasteiger partial charge in [-0.3, -0.25) is 4.79 Å². The molecule has 1 aromatic heterocycles. The maximum Gasteiger partial charge on any atom is 0.240 e. The topological polar surface area (TPSA) is 46.9 Å². The predicted molar refractivity (Wildman–Crippen MR) is 59.5 cm³/mol. The van der Waals surface area contributed by atoms with Crippen LogP contribution in [0.4, 0.5) is 0 Å². The number of carbonyl (C=O) groups excluding carboxylic acids is 1. The Labute approximate surface area is 90.7 Å². The van der Waals surface area contributed by atoms with Gasteiger partial charge in [-0.15, -0.1) is 0 Å². The molecule has 0 fully saturated rings. The second-order valence-electron chi connectivity index (χ2n) is 3.86. The van der Waals surface area contributed by atoms with Crippen molar-refractivity contribution in [1.82, 2.24) is 14.9 Å². The molecule has 0 saturated carbocycles. The summed E-state index contributed by atoms with van der Waals surface area (Å²) >= 11 is 0. The quantitative estimate of drug-likeness (QED) is 0.798. The van der Waals surface area contributed by atoms with E-state index in [0.717, 1.165) is 18.7 Å². The Morgan fingerprint density at radius 2 is 2.40 bits per heavy atom. The van der Waals surface area contributed by atoms with Crippen LogP contribution in [0.25, 0.3) is 0 Å². The highest BCUT2D eigenvalue weighted by Crippen LogP contribution is 1.97. The highest BCUT2D eigenvalue weighted by atomic mass is 16.2. The maximum atomic E-state index is 11.6. The van der Waals surface area contributed by atoms with E-state index in [1.165, 1.54) is 0 Å². The number of amides is 1. The zero-order chi connectivity index (χ0) is 11.3. The second-order valence-corrected chi connectivity index (χ2v) is 3.86. The molecule has 0 saturated heterocycles. The highest BCUT2D eigenvalue weighted by Gasteiger charge is 2.07. The second kappa shape index (κ2) is 5.53. The molecule has 0 aromatic carbocycles.